The highest BCUT2D eigenvalue weighted by atomic mass is 19.1. The van der Waals surface area contributed by atoms with Crippen LogP contribution in [0.25, 0.3) is 10.9 Å². The van der Waals surface area contributed by atoms with Crippen molar-refractivity contribution in [1.82, 2.24) is 4.98 Å². The van der Waals surface area contributed by atoms with Crippen molar-refractivity contribution in [1.29, 1.82) is 0 Å². The number of hydrogen-bond acceptors (Lipinski definition) is 2. The maximum absolute atomic E-state index is 14.2. The Morgan fingerprint density at radius 1 is 0.955 bits per heavy atom. The van der Waals surface area contributed by atoms with Crippen LogP contribution in [-0.4, -0.2) is 4.98 Å². The molecule has 0 bridgehead atoms. The van der Waals surface area contributed by atoms with Crippen LogP contribution < -0.4 is 5.32 Å². The molecule has 0 radical (unpaired) electrons. The Kier molecular flexibility index (Phi) is 4.05. The molecule has 0 saturated heterocycles. The number of halogens is 1. The molecule has 3 rings (SSSR count). The highest BCUT2D eigenvalue weighted by molar-refractivity contribution is 5.91. The van der Waals surface area contributed by atoms with Crippen molar-refractivity contribution in [3.05, 3.63) is 72.2 Å². The van der Waals surface area contributed by atoms with Crippen molar-refractivity contribution in [3.8, 4) is 0 Å². The second-order valence-electron chi connectivity index (χ2n) is 5.76. The molecule has 1 atom stereocenters. The smallest absolute Gasteiger partial charge is 0.128 e. The van der Waals surface area contributed by atoms with Gasteiger partial charge >= 0.3 is 0 Å². The van der Waals surface area contributed by atoms with Crippen molar-refractivity contribution in [3.63, 3.8) is 0 Å². The molecular weight excluding hydrogens is 275 g/mol. The molecule has 0 spiro atoms. The van der Waals surface area contributed by atoms with Crippen LogP contribution in [0.1, 0.15) is 25.5 Å². The average Bonchev–Trinajstić information content (AvgIpc) is 2.53. The zero-order valence-electron chi connectivity index (χ0n) is 12.8. The Morgan fingerprint density at radius 3 is 2.45 bits per heavy atom. The lowest BCUT2D eigenvalue weighted by molar-refractivity contribution is 0.511. The van der Waals surface area contributed by atoms with E-state index in [4.69, 9.17) is 0 Å². The van der Waals surface area contributed by atoms with Gasteiger partial charge in [0.1, 0.15) is 5.82 Å². The van der Waals surface area contributed by atoms with Gasteiger partial charge in [0.2, 0.25) is 0 Å². The number of hydrogen-bond donors (Lipinski definition) is 1. The summed E-state index contributed by atoms with van der Waals surface area (Å²) >= 11 is 0. The molecule has 1 N–H and O–H groups in total. The third-order valence-corrected chi connectivity index (χ3v) is 3.87. The number of nitrogens with one attached hydrogen (secondary N) is 1. The Bertz CT molecular complexity index is 778. The monoisotopic (exact) mass is 294 g/mol. The average molecular weight is 294 g/mol. The fourth-order valence-electron chi connectivity index (χ4n) is 2.72. The largest absolute Gasteiger partial charge is 0.377 e. The molecule has 22 heavy (non-hydrogen) atoms. The van der Waals surface area contributed by atoms with Gasteiger partial charge in [0.25, 0.3) is 0 Å². The van der Waals surface area contributed by atoms with Crippen molar-refractivity contribution in [2.45, 2.75) is 19.9 Å². The summed E-state index contributed by atoms with van der Waals surface area (Å²) in [5.74, 6) is 0.0795. The van der Waals surface area contributed by atoms with Gasteiger partial charge in [-0.05, 0) is 24.1 Å². The predicted molar refractivity (Wildman–Crippen MR) is 89.3 cm³/mol. The molecule has 3 aromatic rings. The lowest BCUT2D eigenvalue weighted by atomic mass is 9.95. The molecule has 0 fully saturated rings. The first-order valence-corrected chi connectivity index (χ1v) is 7.51. The highest BCUT2D eigenvalue weighted by Crippen LogP contribution is 2.31. The number of benzene rings is 2. The summed E-state index contributed by atoms with van der Waals surface area (Å²) in [7, 11) is 0. The van der Waals surface area contributed by atoms with Crippen LogP contribution in [0.2, 0.25) is 0 Å². The van der Waals surface area contributed by atoms with Crippen LogP contribution in [0.5, 0.6) is 0 Å². The number of aromatic nitrogens is 1. The summed E-state index contributed by atoms with van der Waals surface area (Å²) in [6, 6.07) is 16.8. The number of rotatable bonds is 4. The third-order valence-electron chi connectivity index (χ3n) is 3.87. The summed E-state index contributed by atoms with van der Waals surface area (Å²) < 4.78 is 14.2. The molecule has 3 heteroatoms. The van der Waals surface area contributed by atoms with Crippen LogP contribution >= 0.6 is 0 Å². The SMILES string of the molecule is CC(C)C(Nc1ccnc2ccccc12)c1ccccc1F. The van der Waals surface area contributed by atoms with Crippen LogP contribution in [0.15, 0.2) is 60.8 Å². The fourth-order valence-corrected chi connectivity index (χ4v) is 2.72. The van der Waals surface area contributed by atoms with E-state index in [0.29, 0.717) is 5.56 Å². The molecule has 0 amide bonds. The minimum atomic E-state index is -0.174. The zero-order valence-corrected chi connectivity index (χ0v) is 12.8. The van der Waals surface area contributed by atoms with Gasteiger partial charge in [0.15, 0.2) is 0 Å². The molecular formula is C19H19FN2. The molecule has 1 heterocycles. The van der Waals surface area contributed by atoms with E-state index in [1.165, 1.54) is 6.07 Å². The number of anilines is 1. The summed E-state index contributed by atoms with van der Waals surface area (Å²) in [6.07, 6.45) is 1.78. The van der Waals surface area contributed by atoms with E-state index < -0.39 is 0 Å². The lowest BCUT2D eigenvalue weighted by Gasteiger charge is -2.25. The Hall–Kier alpha value is -2.42. The zero-order chi connectivity index (χ0) is 15.5. The summed E-state index contributed by atoms with van der Waals surface area (Å²) in [4.78, 5) is 4.37. The topological polar surface area (TPSA) is 24.9 Å². The van der Waals surface area contributed by atoms with E-state index in [-0.39, 0.29) is 17.8 Å². The van der Waals surface area contributed by atoms with Crippen LogP contribution in [0, 0.1) is 11.7 Å². The standard InChI is InChI=1S/C19H19FN2/c1-13(2)19(14-7-3-5-9-16(14)20)22-18-11-12-21-17-10-6-4-8-15(17)18/h3-13,19H,1-2H3,(H,21,22). The van der Waals surface area contributed by atoms with Gasteiger partial charge in [0.05, 0.1) is 11.6 Å². The first-order chi connectivity index (χ1) is 10.7. The lowest BCUT2D eigenvalue weighted by Crippen LogP contribution is -2.18. The molecule has 0 aliphatic heterocycles. The van der Waals surface area contributed by atoms with E-state index in [1.807, 2.05) is 42.5 Å². The third kappa shape index (κ3) is 2.80. The first-order valence-electron chi connectivity index (χ1n) is 7.51. The van der Waals surface area contributed by atoms with E-state index in [1.54, 1.807) is 12.3 Å². The molecule has 112 valence electrons. The van der Waals surface area contributed by atoms with Gasteiger partial charge in [-0.2, -0.15) is 0 Å². The Labute approximate surface area is 130 Å². The second-order valence-corrected chi connectivity index (χ2v) is 5.76. The predicted octanol–water partition coefficient (Wildman–Crippen LogP) is 5.18. The number of pyridine rings is 1. The van der Waals surface area contributed by atoms with Gasteiger partial charge in [-0.1, -0.05) is 50.2 Å². The van der Waals surface area contributed by atoms with Crippen LogP contribution in [0.4, 0.5) is 10.1 Å². The molecule has 2 nitrogen and oxygen atoms in total. The Morgan fingerprint density at radius 2 is 1.68 bits per heavy atom. The first kappa shape index (κ1) is 14.5. The van der Waals surface area contributed by atoms with Gasteiger partial charge in [-0.25, -0.2) is 4.39 Å². The maximum Gasteiger partial charge on any atom is 0.128 e. The van der Waals surface area contributed by atoms with Crippen molar-refractivity contribution < 1.29 is 4.39 Å². The fraction of sp³-hybridized carbons (Fsp3) is 0.211. The molecule has 0 aliphatic carbocycles. The normalized spacial score (nSPS) is 12.5. The van der Waals surface area contributed by atoms with Crippen molar-refractivity contribution in [2.24, 2.45) is 5.92 Å². The quantitative estimate of drug-likeness (QED) is 0.717. The summed E-state index contributed by atoms with van der Waals surface area (Å²) in [6.45, 7) is 4.18. The maximum atomic E-state index is 14.2. The number of fused-ring (bicyclic) bond motifs is 1. The number of nitrogens with zero attached hydrogens (tertiary/aromatic N) is 1. The summed E-state index contributed by atoms with van der Waals surface area (Å²) in [5, 5.41) is 4.55. The number of para-hydroxylation sites is 1. The van der Waals surface area contributed by atoms with Crippen LogP contribution in [0.3, 0.4) is 0 Å². The van der Waals surface area contributed by atoms with E-state index >= 15 is 0 Å². The van der Waals surface area contributed by atoms with Gasteiger partial charge < -0.3 is 5.32 Å². The summed E-state index contributed by atoms with van der Waals surface area (Å²) in [5.41, 5.74) is 2.61. The molecule has 0 aliphatic rings. The minimum Gasteiger partial charge on any atom is -0.377 e. The van der Waals surface area contributed by atoms with Gasteiger partial charge in [0, 0.05) is 22.8 Å². The molecule has 1 aromatic heterocycles. The molecule has 0 saturated carbocycles. The molecule has 1 unspecified atom stereocenters. The highest BCUT2D eigenvalue weighted by Gasteiger charge is 2.19. The van der Waals surface area contributed by atoms with E-state index in [9.17, 15) is 4.39 Å². The van der Waals surface area contributed by atoms with E-state index in [0.717, 1.165) is 16.6 Å². The molecule has 2 aromatic carbocycles. The van der Waals surface area contributed by atoms with Crippen molar-refractivity contribution in [2.75, 3.05) is 5.32 Å². The van der Waals surface area contributed by atoms with Gasteiger partial charge in [-0.3, -0.25) is 4.98 Å². The van der Waals surface area contributed by atoms with E-state index in [2.05, 4.69) is 24.1 Å². The van der Waals surface area contributed by atoms with Gasteiger partial charge in [-0.15, -0.1) is 0 Å². The Balaban J connectivity index is 2.02. The second kappa shape index (κ2) is 6.14. The van der Waals surface area contributed by atoms with Crippen molar-refractivity contribution >= 4 is 16.6 Å². The van der Waals surface area contributed by atoms with Crippen LogP contribution in [-0.2, 0) is 0 Å². The minimum absolute atomic E-state index is 0.0907.